The molecule has 5 amide bonds. The molecule has 0 bridgehead atoms. The van der Waals surface area contributed by atoms with Crippen LogP contribution in [0.3, 0.4) is 0 Å². The SMILES string of the molecule is CNC(=O)COc1cc2cc(Nc3nc(N4CCC(OC5CC(N6CCC7(CCN(c8ccc9c(c8)C(=O)N([C@@H]8CCC(=O)NC8=O)C9=O)CC7)C6)C5)CC4)ncc3Cl)ccc2n(C(C)C)c1=O. The molecule has 4 aromatic rings. The molecule has 358 valence electrons. The molecular formula is C49H57ClN10O8. The van der Waals surface area contributed by atoms with Crippen LogP contribution in [0.15, 0.2) is 53.5 Å². The maximum absolute atomic E-state index is 13.4. The van der Waals surface area contributed by atoms with E-state index in [2.05, 4.69) is 35.6 Å². The molecule has 5 aliphatic heterocycles. The quantitative estimate of drug-likeness (QED) is 0.164. The summed E-state index contributed by atoms with van der Waals surface area (Å²) in [4.78, 5) is 93.5. The van der Waals surface area contributed by atoms with Gasteiger partial charge in [0.25, 0.3) is 23.3 Å². The summed E-state index contributed by atoms with van der Waals surface area (Å²) in [7, 11) is 1.51. The zero-order valence-corrected chi connectivity index (χ0v) is 39.3. The van der Waals surface area contributed by atoms with Gasteiger partial charge in [-0.05, 0) is 120 Å². The highest BCUT2D eigenvalue weighted by Gasteiger charge is 2.47. The van der Waals surface area contributed by atoms with E-state index >= 15 is 0 Å². The maximum atomic E-state index is 13.4. The summed E-state index contributed by atoms with van der Waals surface area (Å²) >= 11 is 6.62. The Balaban J connectivity index is 0.685. The number of hydrogen-bond acceptors (Lipinski definition) is 14. The molecule has 68 heavy (non-hydrogen) atoms. The number of benzene rings is 2. The third kappa shape index (κ3) is 8.77. The number of carbonyl (C=O) groups excluding carboxylic acids is 5. The lowest BCUT2D eigenvalue weighted by molar-refractivity contribution is -0.136. The number of hydrogen-bond donors (Lipinski definition) is 3. The number of amides is 5. The molecule has 5 fully saturated rings. The van der Waals surface area contributed by atoms with Crippen LogP contribution in [0.25, 0.3) is 10.9 Å². The second kappa shape index (κ2) is 18.4. The molecule has 4 saturated heterocycles. The van der Waals surface area contributed by atoms with Crippen molar-refractivity contribution in [2.45, 2.75) is 102 Å². The minimum atomic E-state index is -0.974. The fourth-order valence-electron chi connectivity index (χ4n) is 11.0. The van der Waals surface area contributed by atoms with Gasteiger partial charge in [0.05, 0.1) is 35.0 Å². The lowest BCUT2D eigenvalue weighted by Gasteiger charge is -2.45. The average molecular weight is 950 g/mol. The number of aromatic nitrogens is 3. The number of pyridine rings is 1. The van der Waals surface area contributed by atoms with Crippen LogP contribution in [0.5, 0.6) is 5.75 Å². The molecule has 10 rings (SSSR count). The van der Waals surface area contributed by atoms with Crippen molar-refractivity contribution in [1.29, 1.82) is 0 Å². The number of piperidine rings is 3. The van der Waals surface area contributed by atoms with Crippen LogP contribution in [-0.4, -0.2) is 131 Å². The van der Waals surface area contributed by atoms with E-state index in [1.807, 2.05) is 38.1 Å². The summed E-state index contributed by atoms with van der Waals surface area (Å²) in [6.07, 6.45) is 9.40. The highest BCUT2D eigenvalue weighted by molar-refractivity contribution is 6.33. The zero-order valence-electron chi connectivity index (χ0n) is 38.6. The number of imide groups is 2. The fraction of sp³-hybridized carbons (Fsp3) is 0.510. The van der Waals surface area contributed by atoms with E-state index in [1.54, 1.807) is 29.0 Å². The van der Waals surface area contributed by atoms with Gasteiger partial charge in [0, 0.05) is 75.0 Å². The van der Waals surface area contributed by atoms with Gasteiger partial charge in [-0.1, -0.05) is 11.6 Å². The number of fused-ring (bicyclic) bond motifs is 2. The third-order valence-electron chi connectivity index (χ3n) is 14.9. The summed E-state index contributed by atoms with van der Waals surface area (Å²) in [5, 5.41) is 9.23. The van der Waals surface area contributed by atoms with Crippen molar-refractivity contribution in [3.63, 3.8) is 0 Å². The molecule has 1 atom stereocenters. The predicted octanol–water partition coefficient (Wildman–Crippen LogP) is 4.80. The first kappa shape index (κ1) is 45.7. The number of halogens is 1. The summed E-state index contributed by atoms with van der Waals surface area (Å²) in [5.41, 5.74) is 2.94. The lowest BCUT2D eigenvalue weighted by Crippen LogP contribution is -2.54. The molecular weight excluding hydrogens is 892 g/mol. The van der Waals surface area contributed by atoms with Gasteiger partial charge in [-0.3, -0.25) is 43.9 Å². The van der Waals surface area contributed by atoms with Gasteiger partial charge in [-0.2, -0.15) is 4.98 Å². The zero-order chi connectivity index (χ0) is 47.4. The van der Waals surface area contributed by atoms with E-state index in [4.69, 9.17) is 26.1 Å². The number of ether oxygens (including phenoxy) is 2. The topological polar surface area (TPSA) is 201 Å². The minimum absolute atomic E-state index is 0.0919. The molecule has 1 saturated carbocycles. The molecule has 18 nitrogen and oxygen atoms in total. The van der Waals surface area contributed by atoms with E-state index in [0.717, 1.165) is 99.3 Å². The largest absolute Gasteiger partial charge is 0.478 e. The molecule has 0 unspecified atom stereocenters. The number of rotatable bonds is 12. The summed E-state index contributed by atoms with van der Waals surface area (Å²) in [5.74, 6) is -1.14. The van der Waals surface area contributed by atoms with Crippen molar-refractivity contribution >= 4 is 75.2 Å². The van der Waals surface area contributed by atoms with Crippen LogP contribution < -0.4 is 36.0 Å². The second-order valence-electron chi connectivity index (χ2n) is 19.5. The van der Waals surface area contributed by atoms with Gasteiger partial charge >= 0.3 is 0 Å². The molecule has 19 heteroatoms. The molecule has 2 aromatic carbocycles. The number of carbonyl (C=O) groups is 5. The second-order valence-corrected chi connectivity index (χ2v) is 19.9. The summed E-state index contributed by atoms with van der Waals surface area (Å²) in [6, 6.07) is 12.1. The summed E-state index contributed by atoms with van der Waals surface area (Å²) < 4.78 is 13.9. The number of anilines is 4. The van der Waals surface area contributed by atoms with E-state index in [-0.39, 0.29) is 66.2 Å². The standard InChI is InChI=1S/C49H57ClN10O8/c1-28(2)59-38-7-4-30(20-29(38)21-40(47(59)66)67-26-42(62)51-3)53-43-37(50)25-52-48(55-43)57-15-10-33(11-16-57)68-34-22-32(23-34)58-19-14-49(27-58)12-17-56(18-13-49)31-5-6-35-36(24-31)46(65)60(45(35)64)39-8-9-41(61)54-44(39)63/h4-7,20-21,24-25,28,32-34,39H,8-19,22-23,26-27H2,1-3H3,(H,51,62)(H,52,53,55)(H,54,61,63)/t32?,34?,39-/m1/s1. The van der Waals surface area contributed by atoms with Gasteiger partial charge in [-0.25, -0.2) is 4.98 Å². The smallest absolute Gasteiger partial charge is 0.293 e. The van der Waals surface area contributed by atoms with Crippen molar-refractivity contribution in [1.82, 2.24) is 35.0 Å². The molecule has 7 heterocycles. The van der Waals surface area contributed by atoms with Crippen LogP contribution >= 0.6 is 11.6 Å². The minimum Gasteiger partial charge on any atom is -0.478 e. The average Bonchev–Trinajstić information content (AvgIpc) is 3.83. The van der Waals surface area contributed by atoms with Crippen molar-refractivity contribution in [3.05, 3.63) is 75.2 Å². The van der Waals surface area contributed by atoms with E-state index in [0.29, 0.717) is 39.6 Å². The van der Waals surface area contributed by atoms with Crippen LogP contribution in [-0.2, 0) is 19.1 Å². The van der Waals surface area contributed by atoms with E-state index in [9.17, 15) is 28.8 Å². The first-order chi connectivity index (χ1) is 32.8. The van der Waals surface area contributed by atoms with Gasteiger partial charge in [-0.15, -0.1) is 0 Å². The van der Waals surface area contributed by atoms with E-state index in [1.165, 1.54) is 13.5 Å². The van der Waals surface area contributed by atoms with Crippen LogP contribution in [0.2, 0.25) is 5.02 Å². The number of likely N-dealkylation sites (tertiary alicyclic amines) is 1. The highest BCUT2D eigenvalue weighted by Crippen LogP contribution is 2.45. The molecule has 0 radical (unpaired) electrons. The molecule has 1 aliphatic carbocycles. The number of likely N-dealkylation sites (N-methyl/N-ethyl adjacent to an activating group) is 1. The molecule has 6 aliphatic rings. The van der Waals surface area contributed by atoms with Crippen molar-refractivity contribution < 1.29 is 33.4 Å². The van der Waals surface area contributed by atoms with Gasteiger partial charge in [0.1, 0.15) is 11.1 Å². The fourth-order valence-corrected chi connectivity index (χ4v) is 11.1. The number of nitrogens with zero attached hydrogens (tertiary/aromatic N) is 7. The number of nitrogens with one attached hydrogen (secondary N) is 3. The maximum Gasteiger partial charge on any atom is 0.293 e. The lowest BCUT2D eigenvalue weighted by atomic mass is 9.77. The first-order valence-electron chi connectivity index (χ1n) is 23.8. The van der Waals surface area contributed by atoms with Gasteiger partial charge in [0.15, 0.2) is 18.2 Å². The Bertz CT molecular complexity index is 2740. The van der Waals surface area contributed by atoms with Crippen LogP contribution in [0, 0.1) is 5.41 Å². The van der Waals surface area contributed by atoms with E-state index < -0.39 is 23.8 Å². The Labute approximate surface area is 398 Å². The van der Waals surface area contributed by atoms with Crippen LogP contribution in [0.1, 0.15) is 98.4 Å². The predicted molar refractivity (Wildman–Crippen MR) is 255 cm³/mol. The van der Waals surface area contributed by atoms with Crippen molar-refractivity contribution in [2.75, 3.05) is 68.0 Å². The van der Waals surface area contributed by atoms with Gasteiger partial charge < -0.3 is 34.5 Å². The Morgan fingerprint density at radius 3 is 2.38 bits per heavy atom. The Morgan fingerprint density at radius 2 is 1.65 bits per heavy atom. The van der Waals surface area contributed by atoms with Crippen LogP contribution in [0.4, 0.5) is 23.1 Å². The Morgan fingerprint density at radius 1 is 0.897 bits per heavy atom. The first-order valence-corrected chi connectivity index (χ1v) is 24.2. The normalized spacial score (nSPS) is 23.1. The highest BCUT2D eigenvalue weighted by atomic mass is 35.5. The molecule has 1 spiro atoms. The van der Waals surface area contributed by atoms with Gasteiger partial charge in [0.2, 0.25) is 17.8 Å². The Hall–Kier alpha value is -6.11. The van der Waals surface area contributed by atoms with Crippen molar-refractivity contribution in [3.8, 4) is 5.75 Å². The summed E-state index contributed by atoms with van der Waals surface area (Å²) in [6.45, 7) is 9.02. The third-order valence-corrected chi connectivity index (χ3v) is 15.2. The molecule has 3 N–H and O–H groups in total. The molecule has 2 aromatic heterocycles. The Kier molecular flexibility index (Phi) is 12.4. The monoisotopic (exact) mass is 948 g/mol. The van der Waals surface area contributed by atoms with Crippen molar-refractivity contribution in [2.24, 2.45) is 5.41 Å².